The molecule has 0 aliphatic carbocycles. The first-order valence-corrected chi connectivity index (χ1v) is 26.7. The van der Waals surface area contributed by atoms with Gasteiger partial charge in [-0.2, -0.15) is 0 Å². The van der Waals surface area contributed by atoms with E-state index in [1.54, 1.807) is 0 Å². The summed E-state index contributed by atoms with van der Waals surface area (Å²) in [5.41, 5.74) is 22.6. The molecule has 0 atom stereocenters. The van der Waals surface area contributed by atoms with Crippen LogP contribution in [0.5, 0.6) is 0 Å². The molecule has 0 bridgehead atoms. The van der Waals surface area contributed by atoms with Crippen LogP contribution < -0.4 is 26.4 Å². The molecule has 0 saturated carbocycles. The van der Waals surface area contributed by atoms with E-state index in [9.17, 15) is 0 Å². The van der Waals surface area contributed by atoms with Crippen molar-refractivity contribution in [2.75, 3.05) is 9.80 Å². The predicted octanol–water partition coefficient (Wildman–Crippen LogP) is 17.2. The zero-order valence-corrected chi connectivity index (χ0v) is 44.4. The molecule has 6 heterocycles. The number of furan rings is 1. The van der Waals surface area contributed by atoms with Crippen molar-refractivity contribution < 1.29 is 4.42 Å². The van der Waals surface area contributed by atoms with Crippen LogP contribution in [0.3, 0.4) is 0 Å². The van der Waals surface area contributed by atoms with Crippen LogP contribution in [0.15, 0.2) is 150 Å². The van der Waals surface area contributed by atoms with Gasteiger partial charge in [0, 0.05) is 47.7 Å². The molecular formula is C66H60BN3OS. The van der Waals surface area contributed by atoms with Crippen molar-refractivity contribution in [1.29, 1.82) is 0 Å². The van der Waals surface area contributed by atoms with Gasteiger partial charge in [0.2, 0.25) is 0 Å². The van der Waals surface area contributed by atoms with Crippen LogP contribution in [0.25, 0.3) is 69.8 Å². The SMILES string of the molecule is CC(C)(C)c1cc2c3c(c1)N1c4c(cc(C(C)(C)C)cc4-n4c5ccc(C(C)(C)C)cc5c5cc(C(C)(C)C)cc1c54)B3c1oc3ccc(-c4ccccc4)cc3c1N2c1cccc2sc3ccccc3c12. The molecule has 3 aliphatic heterocycles. The second kappa shape index (κ2) is 14.4. The molecule has 0 fully saturated rings. The van der Waals surface area contributed by atoms with Gasteiger partial charge in [-0.05, 0) is 139 Å². The van der Waals surface area contributed by atoms with Gasteiger partial charge < -0.3 is 18.8 Å². The van der Waals surface area contributed by atoms with E-state index in [1.165, 1.54) is 120 Å². The van der Waals surface area contributed by atoms with E-state index < -0.39 is 0 Å². The van der Waals surface area contributed by atoms with E-state index in [2.05, 4.69) is 243 Å². The molecule has 4 nitrogen and oxygen atoms in total. The Balaban J connectivity index is 1.19. The second-order valence-electron chi connectivity index (χ2n) is 25.1. The van der Waals surface area contributed by atoms with Crippen molar-refractivity contribution in [2.45, 2.75) is 105 Å². The molecular weight excluding hydrogens is 894 g/mol. The zero-order valence-electron chi connectivity index (χ0n) is 43.6. The molecule has 0 radical (unpaired) electrons. The minimum atomic E-state index is -0.203. The Morgan fingerprint density at radius 1 is 0.431 bits per heavy atom. The Bertz CT molecular complexity index is 4160. The van der Waals surface area contributed by atoms with Gasteiger partial charge >= 0.3 is 0 Å². The number of nitrogens with zero attached hydrogens (tertiary/aromatic N) is 3. The first-order chi connectivity index (χ1) is 34.2. The quantitative estimate of drug-likeness (QED) is 0.161. The third-order valence-electron chi connectivity index (χ3n) is 16.3. The summed E-state index contributed by atoms with van der Waals surface area (Å²) in [7, 11) is 0. The molecule has 0 saturated heterocycles. The van der Waals surface area contributed by atoms with Gasteiger partial charge in [-0.15, -0.1) is 11.3 Å². The Labute approximate surface area is 427 Å². The summed E-state index contributed by atoms with van der Waals surface area (Å²) >= 11 is 1.88. The van der Waals surface area contributed by atoms with Gasteiger partial charge in [0.1, 0.15) is 5.58 Å². The van der Waals surface area contributed by atoms with Crippen LogP contribution in [-0.2, 0) is 21.7 Å². The number of anilines is 6. The maximum Gasteiger partial charge on any atom is 0.297 e. The number of hydrogen-bond acceptors (Lipinski definition) is 4. The first-order valence-electron chi connectivity index (χ1n) is 25.9. The highest BCUT2D eigenvalue weighted by Crippen LogP contribution is 2.56. The fourth-order valence-electron chi connectivity index (χ4n) is 12.3. The molecule has 8 aromatic carbocycles. The van der Waals surface area contributed by atoms with Crippen molar-refractivity contribution in [3.05, 3.63) is 168 Å². The standard InChI is InChI=1S/C66H60BN3OS/c1-63(2,3)39-26-27-48-44(30-39)45-31-40(64(4,5)6)35-52-59(45)68(48)53-36-41(65(7,8)9)32-47-61(53)70(52)51-34-42(66(10,11)12)33-50-58(51)67(47)62-60(46-29-38(25-28-54(46)71-62)37-19-14-13-15-20-37)69(50)49-22-18-24-56-57(49)43-21-16-17-23-55(43)72-56/h13-36H,1-12H3. The summed E-state index contributed by atoms with van der Waals surface area (Å²) < 4.78 is 12.8. The van der Waals surface area contributed by atoms with Crippen LogP contribution in [0.2, 0.25) is 0 Å². The van der Waals surface area contributed by atoms with Crippen molar-refractivity contribution in [3.63, 3.8) is 0 Å². The summed E-state index contributed by atoms with van der Waals surface area (Å²) in [5.74, 6) is 0. The maximum absolute atomic E-state index is 7.60. The Hall–Kier alpha value is -7.02. The highest BCUT2D eigenvalue weighted by molar-refractivity contribution is 7.26. The summed E-state index contributed by atoms with van der Waals surface area (Å²) in [6.07, 6.45) is 0. The monoisotopic (exact) mass is 953 g/mol. The molecule has 11 aromatic rings. The van der Waals surface area contributed by atoms with Crippen LogP contribution in [0, 0.1) is 0 Å². The van der Waals surface area contributed by atoms with Crippen molar-refractivity contribution >= 4 is 122 Å². The summed E-state index contributed by atoms with van der Waals surface area (Å²) in [6, 6.07) is 56.0. The molecule has 354 valence electrons. The normalized spacial score (nSPS) is 14.3. The van der Waals surface area contributed by atoms with E-state index in [4.69, 9.17) is 4.42 Å². The van der Waals surface area contributed by atoms with Gasteiger partial charge in [0.15, 0.2) is 0 Å². The lowest BCUT2D eigenvalue weighted by atomic mass is 9.35. The van der Waals surface area contributed by atoms with Crippen molar-refractivity contribution in [2.24, 2.45) is 0 Å². The number of fused-ring (bicyclic) bond motifs is 14. The largest absolute Gasteiger partial charge is 0.468 e. The summed E-state index contributed by atoms with van der Waals surface area (Å²) in [4.78, 5) is 5.32. The highest BCUT2D eigenvalue weighted by Gasteiger charge is 2.50. The van der Waals surface area contributed by atoms with Gasteiger partial charge in [0.05, 0.1) is 45.1 Å². The summed E-state index contributed by atoms with van der Waals surface area (Å²) in [5, 5.41) is 6.28. The number of benzene rings is 8. The van der Waals surface area contributed by atoms with E-state index in [-0.39, 0.29) is 28.4 Å². The lowest BCUT2D eigenvalue weighted by molar-refractivity contribution is 0.589. The van der Waals surface area contributed by atoms with Gasteiger partial charge in [-0.3, -0.25) is 0 Å². The minimum Gasteiger partial charge on any atom is -0.468 e. The van der Waals surface area contributed by atoms with E-state index >= 15 is 0 Å². The smallest absolute Gasteiger partial charge is 0.297 e. The van der Waals surface area contributed by atoms with E-state index in [0.717, 1.165) is 22.3 Å². The van der Waals surface area contributed by atoms with Gasteiger partial charge in [-0.1, -0.05) is 156 Å². The molecule has 3 aromatic heterocycles. The number of aromatic nitrogens is 1. The Morgan fingerprint density at radius 2 is 1.04 bits per heavy atom. The number of thiophene rings is 1. The molecule has 0 spiro atoms. The third-order valence-corrected chi connectivity index (χ3v) is 17.4. The molecule has 6 heteroatoms. The number of rotatable bonds is 2. The Kier molecular flexibility index (Phi) is 8.72. The van der Waals surface area contributed by atoms with E-state index in [0.29, 0.717) is 0 Å². The number of hydrogen-bond donors (Lipinski definition) is 0. The second-order valence-corrected chi connectivity index (χ2v) is 26.1. The molecule has 0 unspecified atom stereocenters. The lowest BCUT2D eigenvalue weighted by Crippen LogP contribution is -2.61. The zero-order chi connectivity index (χ0) is 49.7. The highest BCUT2D eigenvalue weighted by atomic mass is 32.1. The average molecular weight is 954 g/mol. The van der Waals surface area contributed by atoms with Crippen LogP contribution in [0.1, 0.15) is 105 Å². The fourth-order valence-corrected chi connectivity index (χ4v) is 13.5. The average Bonchev–Trinajstić information content (AvgIpc) is 4.02. The van der Waals surface area contributed by atoms with Crippen LogP contribution in [-0.4, -0.2) is 11.3 Å². The predicted molar refractivity (Wildman–Crippen MR) is 311 cm³/mol. The summed E-state index contributed by atoms with van der Waals surface area (Å²) in [6.45, 7) is 28.1. The molecule has 3 aliphatic rings. The minimum absolute atomic E-state index is 0.00841. The maximum atomic E-state index is 7.60. The van der Waals surface area contributed by atoms with Gasteiger partial charge in [-0.25, -0.2) is 0 Å². The molecule has 72 heavy (non-hydrogen) atoms. The van der Waals surface area contributed by atoms with Gasteiger partial charge in [0.25, 0.3) is 6.71 Å². The van der Waals surface area contributed by atoms with Crippen molar-refractivity contribution in [3.8, 4) is 16.8 Å². The van der Waals surface area contributed by atoms with E-state index in [1.807, 2.05) is 11.3 Å². The molecule has 0 amide bonds. The fraction of sp³-hybridized carbons (Fsp3) is 0.242. The van der Waals surface area contributed by atoms with Crippen molar-refractivity contribution in [1.82, 2.24) is 4.57 Å². The van der Waals surface area contributed by atoms with Crippen LogP contribution in [0.4, 0.5) is 34.1 Å². The lowest BCUT2D eigenvalue weighted by Gasteiger charge is -2.46. The molecule has 14 rings (SSSR count). The topological polar surface area (TPSA) is 24.6 Å². The first kappa shape index (κ1) is 43.7. The van der Waals surface area contributed by atoms with Crippen LogP contribution >= 0.6 is 11.3 Å². The molecule has 0 N–H and O–H groups in total. The third kappa shape index (κ3) is 6.05. The Morgan fingerprint density at radius 3 is 1.76 bits per heavy atom.